The molecule has 2 aromatic heterocycles. The Morgan fingerprint density at radius 1 is 1.38 bits per heavy atom. The van der Waals surface area contributed by atoms with Crippen LogP contribution in [0.25, 0.3) is 10.4 Å². The molecule has 1 aliphatic rings. The van der Waals surface area contributed by atoms with E-state index in [1.807, 2.05) is 12.1 Å². The smallest absolute Gasteiger partial charge is 0.262 e. The van der Waals surface area contributed by atoms with E-state index < -0.39 is 0 Å². The van der Waals surface area contributed by atoms with Gasteiger partial charge in [0.2, 0.25) is 0 Å². The summed E-state index contributed by atoms with van der Waals surface area (Å²) in [6.45, 7) is 0. The van der Waals surface area contributed by atoms with Gasteiger partial charge in [-0.3, -0.25) is 14.8 Å². The van der Waals surface area contributed by atoms with Crippen molar-refractivity contribution in [2.24, 2.45) is 7.05 Å². The van der Waals surface area contributed by atoms with Gasteiger partial charge in [0.05, 0.1) is 29.4 Å². The number of methoxy groups -OCH3 is 1. The lowest BCUT2D eigenvalue weighted by molar-refractivity contribution is 0.102. The van der Waals surface area contributed by atoms with Crippen LogP contribution in [0.5, 0.6) is 5.75 Å². The van der Waals surface area contributed by atoms with Crippen LogP contribution < -0.4 is 10.1 Å². The molecule has 2 heterocycles. The van der Waals surface area contributed by atoms with E-state index in [0.29, 0.717) is 15.8 Å². The first-order valence-corrected chi connectivity index (χ1v) is 9.42. The molecule has 134 valence electrons. The number of benzene rings is 1. The molecule has 4 rings (SSSR count). The standard InChI is InChI=1S/C18H17ClN4O2S/c1-23-16(19)12(9-20-23)17(24)22-18-21-13-7-3-5-10-11(15(13)26-18)6-4-8-14(10)25-2/h4,6,8-9H,3,5,7H2,1-2H3,(H,21,22,24). The fourth-order valence-electron chi connectivity index (χ4n) is 3.18. The number of nitrogens with zero attached hydrogens (tertiary/aromatic N) is 3. The van der Waals surface area contributed by atoms with Crippen LogP contribution in [0.15, 0.2) is 24.4 Å². The SMILES string of the molecule is COc1cccc2c1CCCc1nc(NC(=O)c3cnn(C)c3Cl)sc1-2. The number of fused-ring (bicyclic) bond motifs is 3. The van der Waals surface area contributed by atoms with Crippen molar-refractivity contribution in [2.75, 3.05) is 12.4 Å². The van der Waals surface area contributed by atoms with E-state index in [2.05, 4.69) is 21.5 Å². The zero-order valence-corrected chi connectivity index (χ0v) is 15.9. The second kappa shape index (κ2) is 6.74. The van der Waals surface area contributed by atoms with Crippen LogP contribution in [0.2, 0.25) is 5.15 Å². The van der Waals surface area contributed by atoms with Gasteiger partial charge in [-0.25, -0.2) is 4.98 Å². The third-order valence-corrected chi connectivity index (χ3v) is 5.96. The summed E-state index contributed by atoms with van der Waals surface area (Å²) in [7, 11) is 3.38. The van der Waals surface area contributed by atoms with Crippen LogP contribution in [0.3, 0.4) is 0 Å². The molecule has 1 amide bonds. The summed E-state index contributed by atoms with van der Waals surface area (Å²) in [5.41, 5.74) is 3.68. The molecule has 0 radical (unpaired) electrons. The second-order valence-corrected chi connectivity index (χ2v) is 7.42. The molecule has 0 atom stereocenters. The Balaban J connectivity index is 1.68. The number of halogens is 1. The Morgan fingerprint density at radius 3 is 2.96 bits per heavy atom. The van der Waals surface area contributed by atoms with Crippen molar-refractivity contribution in [3.63, 3.8) is 0 Å². The summed E-state index contributed by atoms with van der Waals surface area (Å²) in [6, 6.07) is 6.06. The maximum Gasteiger partial charge on any atom is 0.262 e. The third-order valence-electron chi connectivity index (χ3n) is 4.47. The van der Waals surface area contributed by atoms with Gasteiger partial charge in [0.25, 0.3) is 5.91 Å². The number of hydrogen-bond donors (Lipinski definition) is 1. The molecule has 0 spiro atoms. The Kier molecular flexibility index (Phi) is 4.42. The first kappa shape index (κ1) is 17.1. The van der Waals surface area contributed by atoms with Crippen molar-refractivity contribution in [3.8, 4) is 16.2 Å². The number of aromatic nitrogens is 3. The van der Waals surface area contributed by atoms with Crippen LogP contribution in [-0.2, 0) is 19.9 Å². The van der Waals surface area contributed by atoms with Crippen molar-refractivity contribution < 1.29 is 9.53 Å². The summed E-state index contributed by atoms with van der Waals surface area (Å²) in [6.07, 6.45) is 4.27. The van der Waals surface area contributed by atoms with E-state index in [1.165, 1.54) is 27.8 Å². The Labute approximate surface area is 159 Å². The molecule has 3 aromatic rings. The van der Waals surface area contributed by atoms with Crippen molar-refractivity contribution in [2.45, 2.75) is 19.3 Å². The largest absolute Gasteiger partial charge is 0.496 e. The molecular formula is C18H17ClN4O2S. The monoisotopic (exact) mass is 388 g/mol. The number of amides is 1. The van der Waals surface area contributed by atoms with Gasteiger partial charge < -0.3 is 4.74 Å². The fourth-order valence-corrected chi connectivity index (χ4v) is 4.42. The van der Waals surface area contributed by atoms with E-state index in [4.69, 9.17) is 16.3 Å². The van der Waals surface area contributed by atoms with Crippen LogP contribution in [0.4, 0.5) is 5.13 Å². The molecule has 0 unspecified atom stereocenters. The summed E-state index contributed by atoms with van der Waals surface area (Å²) in [5.74, 6) is 0.592. The number of hydrogen-bond acceptors (Lipinski definition) is 5. The van der Waals surface area contributed by atoms with Crippen LogP contribution >= 0.6 is 22.9 Å². The summed E-state index contributed by atoms with van der Waals surface area (Å²) in [4.78, 5) is 18.2. The highest BCUT2D eigenvalue weighted by atomic mass is 35.5. The number of carbonyl (C=O) groups is 1. The first-order chi connectivity index (χ1) is 12.6. The normalized spacial score (nSPS) is 12.9. The quantitative estimate of drug-likeness (QED) is 0.737. The van der Waals surface area contributed by atoms with E-state index in [9.17, 15) is 4.79 Å². The molecule has 1 aliphatic carbocycles. The van der Waals surface area contributed by atoms with Crippen molar-refractivity contribution in [3.05, 3.63) is 46.4 Å². The Morgan fingerprint density at radius 2 is 2.23 bits per heavy atom. The third kappa shape index (κ3) is 2.87. The molecule has 0 saturated heterocycles. The molecule has 26 heavy (non-hydrogen) atoms. The van der Waals surface area contributed by atoms with Gasteiger partial charge in [0.15, 0.2) is 5.13 Å². The lowest BCUT2D eigenvalue weighted by atomic mass is 10.0. The van der Waals surface area contributed by atoms with Crippen molar-refractivity contribution in [1.29, 1.82) is 0 Å². The second-order valence-electron chi connectivity index (χ2n) is 6.06. The van der Waals surface area contributed by atoms with Crippen LogP contribution in [-0.4, -0.2) is 27.8 Å². The number of carbonyl (C=O) groups excluding carboxylic acids is 1. The van der Waals surface area contributed by atoms with Crippen molar-refractivity contribution >= 4 is 34.0 Å². The Hall–Kier alpha value is -2.38. The van der Waals surface area contributed by atoms with Gasteiger partial charge in [0.1, 0.15) is 10.9 Å². The van der Waals surface area contributed by atoms with Gasteiger partial charge in [-0.1, -0.05) is 35.1 Å². The highest BCUT2D eigenvalue weighted by Crippen LogP contribution is 2.41. The molecule has 0 bridgehead atoms. The van der Waals surface area contributed by atoms with Gasteiger partial charge in [-0.05, 0) is 25.3 Å². The number of thiazole rings is 1. The first-order valence-electron chi connectivity index (χ1n) is 8.23. The van der Waals surface area contributed by atoms with E-state index in [0.717, 1.165) is 41.1 Å². The van der Waals surface area contributed by atoms with E-state index in [1.54, 1.807) is 14.2 Å². The highest BCUT2D eigenvalue weighted by molar-refractivity contribution is 7.19. The average molecular weight is 389 g/mol. The zero-order chi connectivity index (χ0) is 18.3. The highest BCUT2D eigenvalue weighted by Gasteiger charge is 2.23. The lowest BCUT2D eigenvalue weighted by Crippen LogP contribution is -2.11. The molecule has 8 heteroatoms. The predicted molar refractivity (Wildman–Crippen MR) is 102 cm³/mol. The molecule has 0 fully saturated rings. The van der Waals surface area contributed by atoms with Crippen molar-refractivity contribution in [1.82, 2.24) is 14.8 Å². The van der Waals surface area contributed by atoms with Crippen LogP contribution in [0.1, 0.15) is 28.0 Å². The number of anilines is 1. The topological polar surface area (TPSA) is 69.0 Å². The molecular weight excluding hydrogens is 372 g/mol. The molecule has 1 N–H and O–H groups in total. The molecule has 0 saturated carbocycles. The maximum atomic E-state index is 12.5. The summed E-state index contributed by atoms with van der Waals surface area (Å²) in [5, 5.41) is 7.71. The number of aryl methyl sites for hydroxylation is 2. The molecule has 1 aromatic carbocycles. The number of rotatable bonds is 3. The zero-order valence-electron chi connectivity index (χ0n) is 14.4. The minimum atomic E-state index is -0.308. The minimum absolute atomic E-state index is 0.302. The lowest BCUT2D eigenvalue weighted by Gasteiger charge is -2.10. The number of nitrogens with one attached hydrogen (secondary N) is 1. The minimum Gasteiger partial charge on any atom is -0.496 e. The maximum absolute atomic E-state index is 12.5. The molecule has 0 aliphatic heterocycles. The van der Waals surface area contributed by atoms with Crippen LogP contribution in [0, 0.1) is 0 Å². The van der Waals surface area contributed by atoms with E-state index in [-0.39, 0.29) is 5.91 Å². The predicted octanol–water partition coefficient (Wildman–Crippen LogP) is 3.95. The summed E-state index contributed by atoms with van der Waals surface area (Å²) >= 11 is 7.58. The Bertz CT molecular complexity index is 995. The number of ether oxygens (including phenoxy) is 1. The van der Waals surface area contributed by atoms with E-state index >= 15 is 0 Å². The van der Waals surface area contributed by atoms with Gasteiger partial charge in [-0.2, -0.15) is 5.10 Å². The molecule has 6 nitrogen and oxygen atoms in total. The van der Waals surface area contributed by atoms with Gasteiger partial charge >= 0.3 is 0 Å². The van der Waals surface area contributed by atoms with Gasteiger partial charge in [-0.15, -0.1) is 0 Å². The average Bonchev–Trinajstić information content (AvgIpc) is 3.13. The summed E-state index contributed by atoms with van der Waals surface area (Å²) < 4.78 is 6.97. The van der Waals surface area contributed by atoms with Gasteiger partial charge in [0, 0.05) is 18.2 Å². The fraction of sp³-hybridized carbons (Fsp3) is 0.278.